The van der Waals surface area contributed by atoms with Gasteiger partial charge in [0.25, 0.3) is 5.91 Å². The first-order valence-electron chi connectivity index (χ1n) is 5.48. The molecule has 0 atom stereocenters. The predicted octanol–water partition coefficient (Wildman–Crippen LogP) is 1.24. The Morgan fingerprint density at radius 3 is 2.58 bits per heavy atom. The van der Waals surface area contributed by atoms with Crippen LogP contribution < -0.4 is 10.6 Å². The molecule has 1 rings (SSSR count). The second-order valence-corrected chi connectivity index (χ2v) is 3.53. The molecule has 0 fully saturated rings. The van der Waals surface area contributed by atoms with E-state index in [1.807, 2.05) is 6.07 Å². The fourth-order valence-corrected chi connectivity index (χ4v) is 1.19. The van der Waals surface area contributed by atoms with E-state index in [4.69, 9.17) is 15.6 Å². The van der Waals surface area contributed by atoms with Gasteiger partial charge in [-0.1, -0.05) is 0 Å². The lowest BCUT2D eigenvalue weighted by atomic mass is 10.2. The van der Waals surface area contributed by atoms with Crippen molar-refractivity contribution in [1.82, 2.24) is 5.32 Å². The first-order chi connectivity index (χ1) is 9.17. The van der Waals surface area contributed by atoms with Gasteiger partial charge < -0.3 is 15.7 Å². The molecule has 0 aliphatic heterocycles. The lowest BCUT2D eigenvalue weighted by Crippen LogP contribution is -2.17. The summed E-state index contributed by atoms with van der Waals surface area (Å²) >= 11 is 0. The van der Waals surface area contributed by atoms with Crippen LogP contribution in [0.1, 0.15) is 6.42 Å². The van der Waals surface area contributed by atoms with Gasteiger partial charge in [0, 0.05) is 18.4 Å². The SMILES string of the molecule is N#CCCN/C=C(/C#N)C(=O)Nc1ccc(O)cc1. The average molecular weight is 256 g/mol. The molecular weight excluding hydrogens is 244 g/mol. The molecule has 0 unspecified atom stereocenters. The maximum absolute atomic E-state index is 11.7. The Morgan fingerprint density at radius 1 is 1.32 bits per heavy atom. The van der Waals surface area contributed by atoms with Gasteiger partial charge in [0.2, 0.25) is 0 Å². The molecule has 0 bridgehead atoms. The third kappa shape index (κ3) is 4.80. The van der Waals surface area contributed by atoms with E-state index in [9.17, 15) is 4.79 Å². The number of hydrogen-bond donors (Lipinski definition) is 3. The molecule has 3 N–H and O–H groups in total. The van der Waals surface area contributed by atoms with Gasteiger partial charge in [-0.3, -0.25) is 4.79 Å². The molecule has 1 aromatic rings. The van der Waals surface area contributed by atoms with Crippen LogP contribution in [0.3, 0.4) is 0 Å². The highest BCUT2D eigenvalue weighted by Crippen LogP contribution is 2.14. The number of benzene rings is 1. The first-order valence-corrected chi connectivity index (χ1v) is 5.48. The Hall–Kier alpha value is -2.99. The van der Waals surface area contributed by atoms with Crippen molar-refractivity contribution in [2.24, 2.45) is 0 Å². The van der Waals surface area contributed by atoms with Crippen LogP contribution in [0.25, 0.3) is 0 Å². The second kappa shape index (κ2) is 7.36. The van der Waals surface area contributed by atoms with Crippen molar-refractivity contribution in [3.8, 4) is 17.9 Å². The third-order valence-electron chi connectivity index (χ3n) is 2.12. The molecule has 0 heterocycles. The van der Waals surface area contributed by atoms with E-state index < -0.39 is 5.91 Å². The van der Waals surface area contributed by atoms with E-state index in [0.717, 1.165) is 0 Å². The molecule has 19 heavy (non-hydrogen) atoms. The van der Waals surface area contributed by atoms with Crippen LogP contribution >= 0.6 is 0 Å². The molecule has 0 spiro atoms. The van der Waals surface area contributed by atoms with Crippen molar-refractivity contribution in [2.75, 3.05) is 11.9 Å². The van der Waals surface area contributed by atoms with Crippen molar-refractivity contribution in [3.63, 3.8) is 0 Å². The van der Waals surface area contributed by atoms with E-state index >= 15 is 0 Å². The number of carbonyl (C=O) groups excluding carboxylic acids is 1. The zero-order valence-electron chi connectivity index (χ0n) is 10.1. The van der Waals surface area contributed by atoms with Crippen LogP contribution in [-0.2, 0) is 4.79 Å². The summed E-state index contributed by atoms with van der Waals surface area (Å²) in [5.74, 6) is -0.468. The van der Waals surface area contributed by atoms with Crippen LogP contribution in [0.2, 0.25) is 0 Å². The number of carbonyl (C=O) groups is 1. The van der Waals surface area contributed by atoms with Crippen LogP contribution in [-0.4, -0.2) is 17.6 Å². The molecule has 1 aromatic carbocycles. The van der Waals surface area contributed by atoms with E-state index in [1.165, 1.54) is 30.5 Å². The van der Waals surface area contributed by atoms with E-state index in [-0.39, 0.29) is 17.7 Å². The zero-order chi connectivity index (χ0) is 14.1. The standard InChI is InChI=1S/C13H12N4O2/c14-6-1-7-16-9-10(8-15)13(19)17-11-2-4-12(18)5-3-11/h2-5,9,16,18H,1,7H2,(H,17,19)/b10-9-. The summed E-state index contributed by atoms with van der Waals surface area (Å²) in [6.45, 7) is 0.369. The fraction of sp³-hybridized carbons (Fsp3) is 0.154. The number of nitrogens with zero attached hydrogens (tertiary/aromatic N) is 2. The summed E-state index contributed by atoms with van der Waals surface area (Å²) in [5, 5.41) is 31.5. The summed E-state index contributed by atoms with van der Waals surface area (Å²) in [5.41, 5.74) is 0.381. The molecule has 6 nitrogen and oxygen atoms in total. The number of rotatable bonds is 5. The maximum atomic E-state index is 11.7. The predicted molar refractivity (Wildman–Crippen MR) is 68.7 cm³/mol. The van der Waals surface area contributed by atoms with Crippen LogP contribution in [0.5, 0.6) is 5.75 Å². The fourth-order valence-electron chi connectivity index (χ4n) is 1.19. The van der Waals surface area contributed by atoms with Crippen LogP contribution in [0.15, 0.2) is 36.0 Å². The van der Waals surface area contributed by atoms with Gasteiger partial charge in [-0.2, -0.15) is 10.5 Å². The number of aromatic hydroxyl groups is 1. The number of anilines is 1. The van der Waals surface area contributed by atoms with Crippen LogP contribution in [0.4, 0.5) is 5.69 Å². The maximum Gasteiger partial charge on any atom is 0.267 e. The number of phenols is 1. The smallest absolute Gasteiger partial charge is 0.267 e. The third-order valence-corrected chi connectivity index (χ3v) is 2.12. The van der Waals surface area contributed by atoms with Gasteiger partial charge in [-0.05, 0) is 24.3 Å². The summed E-state index contributed by atoms with van der Waals surface area (Å²) in [6, 6.07) is 9.59. The van der Waals surface area contributed by atoms with Crippen molar-refractivity contribution < 1.29 is 9.90 Å². The lowest BCUT2D eigenvalue weighted by molar-refractivity contribution is -0.112. The molecule has 0 aromatic heterocycles. The number of nitriles is 2. The Balaban J connectivity index is 2.62. The van der Waals surface area contributed by atoms with Gasteiger partial charge in [0.05, 0.1) is 12.5 Å². The number of amides is 1. The summed E-state index contributed by atoms with van der Waals surface area (Å²) in [4.78, 5) is 11.7. The molecule has 1 amide bonds. The highest BCUT2D eigenvalue weighted by molar-refractivity contribution is 6.06. The molecule has 6 heteroatoms. The van der Waals surface area contributed by atoms with Gasteiger partial charge in [0.1, 0.15) is 17.4 Å². The minimum absolute atomic E-state index is 0.0900. The lowest BCUT2D eigenvalue weighted by Gasteiger charge is -2.04. The summed E-state index contributed by atoms with van der Waals surface area (Å²) in [6.07, 6.45) is 1.56. The Morgan fingerprint density at radius 2 is 2.00 bits per heavy atom. The zero-order valence-corrected chi connectivity index (χ0v) is 10.1. The summed E-state index contributed by atoms with van der Waals surface area (Å²) < 4.78 is 0. The second-order valence-electron chi connectivity index (χ2n) is 3.53. The van der Waals surface area contributed by atoms with Crippen LogP contribution in [0, 0.1) is 22.7 Å². The number of hydrogen-bond acceptors (Lipinski definition) is 5. The average Bonchev–Trinajstić information content (AvgIpc) is 2.41. The minimum atomic E-state index is -0.558. The molecule has 0 radical (unpaired) electrons. The Kier molecular flexibility index (Phi) is 5.45. The van der Waals surface area contributed by atoms with Gasteiger partial charge in [-0.25, -0.2) is 0 Å². The van der Waals surface area contributed by atoms with E-state index in [2.05, 4.69) is 10.6 Å². The normalized spacial score (nSPS) is 10.1. The Bertz CT molecular complexity index is 549. The highest BCUT2D eigenvalue weighted by Gasteiger charge is 2.08. The molecule has 96 valence electrons. The van der Waals surface area contributed by atoms with Crippen molar-refractivity contribution in [2.45, 2.75) is 6.42 Å². The molecule has 0 aliphatic rings. The number of nitrogens with one attached hydrogen (secondary N) is 2. The van der Waals surface area contributed by atoms with Crippen molar-refractivity contribution in [3.05, 3.63) is 36.0 Å². The molecule has 0 saturated carbocycles. The monoisotopic (exact) mass is 256 g/mol. The summed E-state index contributed by atoms with van der Waals surface area (Å²) in [7, 11) is 0. The minimum Gasteiger partial charge on any atom is -0.508 e. The Labute approximate surface area is 110 Å². The first kappa shape index (κ1) is 14.1. The van der Waals surface area contributed by atoms with Crippen molar-refractivity contribution >= 4 is 11.6 Å². The van der Waals surface area contributed by atoms with E-state index in [1.54, 1.807) is 6.07 Å². The number of phenolic OH excluding ortho intramolecular Hbond substituents is 1. The molecule has 0 aliphatic carbocycles. The van der Waals surface area contributed by atoms with Gasteiger partial charge >= 0.3 is 0 Å². The van der Waals surface area contributed by atoms with E-state index in [0.29, 0.717) is 12.2 Å². The molecular formula is C13H12N4O2. The van der Waals surface area contributed by atoms with Gasteiger partial charge in [0.15, 0.2) is 0 Å². The highest BCUT2D eigenvalue weighted by atomic mass is 16.3. The topological polar surface area (TPSA) is 109 Å². The quantitative estimate of drug-likeness (QED) is 0.318. The van der Waals surface area contributed by atoms with Gasteiger partial charge in [-0.15, -0.1) is 0 Å². The largest absolute Gasteiger partial charge is 0.508 e. The molecule has 0 saturated heterocycles. The van der Waals surface area contributed by atoms with Crippen molar-refractivity contribution in [1.29, 1.82) is 10.5 Å².